The lowest BCUT2D eigenvalue weighted by Crippen LogP contribution is -2.15. The van der Waals surface area contributed by atoms with E-state index in [0.29, 0.717) is 6.42 Å². The Hall–Kier alpha value is -0.310. The summed E-state index contributed by atoms with van der Waals surface area (Å²) < 4.78 is 5.93. The van der Waals surface area contributed by atoms with Gasteiger partial charge in [0.2, 0.25) is 0 Å². The molecule has 1 aliphatic heterocycles. The molecule has 0 amide bonds. The van der Waals surface area contributed by atoms with Crippen LogP contribution in [0.25, 0.3) is 0 Å². The predicted molar refractivity (Wildman–Crippen MR) is 37.2 cm³/mol. The average Bonchev–Trinajstić information content (AvgIpc) is 2.14. The lowest BCUT2D eigenvalue weighted by molar-refractivity contribution is -0.124. The van der Waals surface area contributed by atoms with Crippen molar-refractivity contribution in [1.29, 1.82) is 0 Å². The van der Waals surface area contributed by atoms with Crippen LogP contribution >= 0.6 is 15.9 Å². The highest BCUT2D eigenvalue weighted by atomic mass is 79.9. The van der Waals surface area contributed by atoms with Crippen molar-refractivity contribution in [1.82, 2.24) is 0 Å². The third-order valence-corrected chi connectivity index (χ3v) is 1.70. The summed E-state index contributed by atoms with van der Waals surface area (Å²) in [5, 5.41) is 0. The van der Waals surface area contributed by atoms with Crippen molar-refractivity contribution in [2.75, 3.05) is 0 Å². The predicted octanol–water partition coefficient (Wildman–Crippen LogP) is 1.60. The maximum absolute atomic E-state index is 10.6. The molecule has 1 aliphatic rings. The Kier molecular flexibility index (Phi) is 1.90. The summed E-state index contributed by atoms with van der Waals surface area (Å²) in [6.07, 6.45) is 2.03. The van der Waals surface area contributed by atoms with E-state index in [0.717, 1.165) is 4.48 Å². The molecule has 1 rings (SSSR count). The van der Waals surface area contributed by atoms with E-state index >= 15 is 0 Å². The number of Topliss-reactive ketones (excluding diaryl/α,β-unsaturated/α-hetero) is 1. The fraction of sp³-hybridized carbons (Fsp3) is 0.500. The van der Waals surface area contributed by atoms with Crippen LogP contribution in [0, 0.1) is 0 Å². The molecule has 3 heteroatoms. The van der Waals surface area contributed by atoms with Gasteiger partial charge in [-0.1, -0.05) is 15.9 Å². The van der Waals surface area contributed by atoms with Crippen molar-refractivity contribution in [3.63, 3.8) is 0 Å². The number of carbonyl (C=O) groups excluding carboxylic acids is 1. The lowest BCUT2D eigenvalue weighted by Gasteiger charge is -2.02. The number of halogens is 1. The van der Waals surface area contributed by atoms with Crippen molar-refractivity contribution in [2.24, 2.45) is 0 Å². The minimum absolute atomic E-state index is 0.0840. The number of hydrogen-bond donors (Lipinski definition) is 0. The summed E-state index contributed by atoms with van der Waals surface area (Å²) in [6, 6.07) is 0. The fourth-order valence-corrected chi connectivity index (χ4v) is 1.07. The smallest absolute Gasteiger partial charge is 0.170 e. The van der Waals surface area contributed by atoms with E-state index < -0.39 is 0 Å². The first-order chi connectivity index (χ1) is 4.20. The Bertz CT molecular complexity index is 162. The number of hydrogen-bond acceptors (Lipinski definition) is 2. The molecule has 0 bridgehead atoms. The van der Waals surface area contributed by atoms with E-state index in [1.165, 1.54) is 6.92 Å². The van der Waals surface area contributed by atoms with Gasteiger partial charge in [-0.15, -0.1) is 0 Å². The van der Waals surface area contributed by atoms with E-state index in [-0.39, 0.29) is 11.9 Å². The largest absolute Gasteiger partial charge is 0.489 e. The van der Waals surface area contributed by atoms with Crippen molar-refractivity contribution >= 4 is 21.7 Å². The van der Waals surface area contributed by atoms with E-state index in [4.69, 9.17) is 4.74 Å². The molecule has 0 aromatic heterocycles. The molecule has 0 aromatic carbocycles. The molecule has 0 aromatic rings. The Labute approximate surface area is 62.0 Å². The van der Waals surface area contributed by atoms with Crippen LogP contribution in [0.4, 0.5) is 0 Å². The van der Waals surface area contributed by atoms with Gasteiger partial charge in [0, 0.05) is 10.9 Å². The van der Waals surface area contributed by atoms with E-state index in [9.17, 15) is 4.79 Å². The maximum Gasteiger partial charge on any atom is 0.170 e. The van der Waals surface area contributed by atoms with Crippen molar-refractivity contribution < 1.29 is 9.53 Å². The van der Waals surface area contributed by atoms with Gasteiger partial charge in [-0.05, 0) is 6.92 Å². The van der Waals surface area contributed by atoms with Gasteiger partial charge in [-0.3, -0.25) is 4.79 Å². The summed E-state index contributed by atoms with van der Waals surface area (Å²) in [4.78, 5) is 10.6. The lowest BCUT2D eigenvalue weighted by atomic mass is 10.2. The van der Waals surface area contributed by atoms with E-state index in [1.807, 2.05) is 0 Å². The third-order valence-electron chi connectivity index (χ3n) is 1.19. The SMILES string of the molecule is CC(=O)C1CC(Br)=CO1. The van der Waals surface area contributed by atoms with E-state index in [2.05, 4.69) is 15.9 Å². The van der Waals surface area contributed by atoms with Gasteiger partial charge in [0.05, 0.1) is 6.26 Å². The van der Waals surface area contributed by atoms with Crippen LogP contribution in [0.15, 0.2) is 10.7 Å². The number of rotatable bonds is 1. The molecular weight excluding hydrogens is 184 g/mol. The molecule has 1 unspecified atom stereocenters. The normalized spacial score (nSPS) is 25.1. The molecule has 1 atom stereocenters. The second kappa shape index (κ2) is 2.52. The third kappa shape index (κ3) is 1.55. The molecule has 0 saturated heterocycles. The zero-order valence-corrected chi connectivity index (χ0v) is 6.64. The molecule has 0 N–H and O–H groups in total. The summed E-state index contributed by atoms with van der Waals surface area (Å²) in [5.74, 6) is 0.0840. The van der Waals surface area contributed by atoms with Crippen LogP contribution in [-0.2, 0) is 9.53 Å². The van der Waals surface area contributed by atoms with Crippen molar-refractivity contribution in [3.05, 3.63) is 10.7 Å². The summed E-state index contributed by atoms with van der Waals surface area (Å²) >= 11 is 3.23. The molecule has 0 aliphatic carbocycles. The van der Waals surface area contributed by atoms with Crippen LogP contribution in [0.2, 0.25) is 0 Å². The minimum atomic E-state index is -0.237. The second-order valence-electron chi connectivity index (χ2n) is 2.00. The topological polar surface area (TPSA) is 26.3 Å². The molecule has 9 heavy (non-hydrogen) atoms. The highest BCUT2D eigenvalue weighted by Gasteiger charge is 2.20. The standard InChI is InChI=1S/C6H7BrO2/c1-4(8)6-2-5(7)3-9-6/h3,6H,2H2,1H3. The first kappa shape index (κ1) is 6.81. The first-order valence-electron chi connectivity index (χ1n) is 2.70. The molecular formula is C6H7BrO2. The van der Waals surface area contributed by atoms with Crippen molar-refractivity contribution in [3.8, 4) is 0 Å². The number of ether oxygens (including phenoxy) is 1. The van der Waals surface area contributed by atoms with Crippen LogP contribution in [-0.4, -0.2) is 11.9 Å². The summed E-state index contributed by atoms with van der Waals surface area (Å²) in [7, 11) is 0. The molecule has 0 saturated carbocycles. The average molecular weight is 191 g/mol. The van der Waals surface area contributed by atoms with Crippen LogP contribution < -0.4 is 0 Å². The van der Waals surface area contributed by atoms with Gasteiger partial charge in [-0.2, -0.15) is 0 Å². The molecule has 2 nitrogen and oxygen atoms in total. The van der Waals surface area contributed by atoms with Gasteiger partial charge >= 0.3 is 0 Å². The monoisotopic (exact) mass is 190 g/mol. The van der Waals surface area contributed by atoms with Crippen LogP contribution in [0.5, 0.6) is 0 Å². The second-order valence-corrected chi connectivity index (χ2v) is 3.02. The highest BCUT2D eigenvalue weighted by Crippen LogP contribution is 2.22. The van der Waals surface area contributed by atoms with Gasteiger partial charge < -0.3 is 4.74 Å². The van der Waals surface area contributed by atoms with Crippen LogP contribution in [0.1, 0.15) is 13.3 Å². The van der Waals surface area contributed by atoms with Gasteiger partial charge in [-0.25, -0.2) is 0 Å². The van der Waals surface area contributed by atoms with Crippen molar-refractivity contribution in [2.45, 2.75) is 19.4 Å². The first-order valence-corrected chi connectivity index (χ1v) is 3.50. The Morgan fingerprint density at radius 2 is 2.67 bits per heavy atom. The minimum Gasteiger partial charge on any atom is -0.489 e. The summed E-state index contributed by atoms with van der Waals surface area (Å²) in [6.45, 7) is 1.53. The molecule has 0 spiro atoms. The van der Waals surface area contributed by atoms with Gasteiger partial charge in [0.15, 0.2) is 11.9 Å². The van der Waals surface area contributed by atoms with Gasteiger partial charge in [0.1, 0.15) is 0 Å². The Morgan fingerprint density at radius 1 is 2.00 bits per heavy atom. The summed E-state index contributed by atoms with van der Waals surface area (Å²) in [5.41, 5.74) is 0. The number of ketones is 1. The fourth-order valence-electron chi connectivity index (χ4n) is 0.669. The maximum atomic E-state index is 10.6. The molecule has 0 radical (unpaired) electrons. The quantitative estimate of drug-likeness (QED) is 0.629. The molecule has 0 fully saturated rings. The zero-order chi connectivity index (χ0) is 6.85. The Morgan fingerprint density at radius 3 is 2.89 bits per heavy atom. The molecule has 50 valence electrons. The highest BCUT2D eigenvalue weighted by molar-refractivity contribution is 9.11. The Balaban J connectivity index is 2.47. The van der Waals surface area contributed by atoms with Gasteiger partial charge in [0.25, 0.3) is 0 Å². The number of carbonyl (C=O) groups is 1. The van der Waals surface area contributed by atoms with Crippen LogP contribution in [0.3, 0.4) is 0 Å². The zero-order valence-electron chi connectivity index (χ0n) is 5.06. The van der Waals surface area contributed by atoms with E-state index in [1.54, 1.807) is 6.26 Å². The molecule has 1 heterocycles.